The number of hydrogen-bond donors (Lipinski definition) is 0. The van der Waals surface area contributed by atoms with Crippen LogP contribution in [0.2, 0.25) is 0 Å². The molecule has 0 radical (unpaired) electrons. The standard InChI is InChI=1S/C13H24N2O2/c1-14(2)8-3-4-13(17)15-9-5-12(6-10-15)7-11-16/h11-12H,3-10H2,1-2H3. The molecule has 98 valence electrons. The Balaban J connectivity index is 2.19. The fourth-order valence-electron chi connectivity index (χ4n) is 2.26. The molecular weight excluding hydrogens is 216 g/mol. The van der Waals surface area contributed by atoms with Crippen LogP contribution < -0.4 is 0 Å². The summed E-state index contributed by atoms with van der Waals surface area (Å²) in [6.45, 7) is 2.63. The Hall–Kier alpha value is -0.900. The highest BCUT2D eigenvalue weighted by Crippen LogP contribution is 2.20. The van der Waals surface area contributed by atoms with E-state index in [1.807, 2.05) is 19.0 Å². The fourth-order valence-corrected chi connectivity index (χ4v) is 2.26. The van der Waals surface area contributed by atoms with Gasteiger partial charge < -0.3 is 14.6 Å². The van der Waals surface area contributed by atoms with Crippen LogP contribution in [0.15, 0.2) is 0 Å². The van der Waals surface area contributed by atoms with Crippen molar-refractivity contribution in [3.05, 3.63) is 0 Å². The molecule has 0 unspecified atom stereocenters. The maximum Gasteiger partial charge on any atom is 0.222 e. The van der Waals surface area contributed by atoms with E-state index >= 15 is 0 Å². The summed E-state index contributed by atoms with van der Waals surface area (Å²) in [5.74, 6) is 0.773. The molecule has 0 atom stereocenters. The summed E-state index contributed by atoms with van der Waals surface area (Å²) in [5.41, 5.74) is 0. The summed E-state index contributed by atoms with van der Waals surface area (Å²) >= 11 is 0. The zero-order valence-electron chi connectivity index (χ0n) is 11.0. The highest BCUT2D eigenvalue weighted by molar-refractivity contribution is 5.76. The molecule has 4 heteroatoms. The molecule has 1 aliphatic heterocycles. The lowest BCUT2D eigenvalue weighted by Crippen LogP contribution is -2.38. The van der Waals surface area contributed by atoms with Crippen LogP contribution in [0.25, 0.3) is 0 Å². The normalized spacial score (nSPS) is 17.5. The van der Waals surface area contributed by atoms with Crippen molar-refractivity contribution in [2.24, 2.45) is 5.92 Å². The molecule has 1 fully saturated rings. The summed E-state index contributed by atoms with van der Waals surface area (Å²) in [6.07, 6.45) is 5.20. The van der Waals surface area contributed by atoms with Gasteiger partial charge in [-0.3, -0.25) is 4.79 Å². The lowest BCUT2D eigenvalue weighted by atomic mass is 9.94. The van der Waals surface area contributed by atoms with Crippen molar-refractivity contribution < 1.29 is 9.59 Å². The van der Waals surface area contributed by atoms with E-state index in [-0.39, 0.29) is 5.91 Å². The van der Waals surface area contributed by atoms with Crippen molar-refractivity contribution in [1.29, 1.82) is 0 Å². The molecule has 1 rings (SSSR count). The highest BCUT2D eigenvalue weighted by atomic mass is 16.2. The van der Waals surface area contributed by atoms with Crippen molar-refractivity contribution in [3.63, 3.8) is 0 Å². The Labute approximate surface area is 104 Å². The lowest BCUT2D eigenvalue weighted by Gasteiger charge is -2.31. The van der Waals surface area contributed by atoms with Crippen LogP contribution >= 0.6 is 0 Å². The quantitative estimate of drug-likeness (QED) is 0.654. The number of carbonyl (C=O) groups is 2. The van der Waals surface area contributed by atoms with Gasteiger partial charge in [0.1, 0.15) is 6.29 Å². The number of aldehydes is 1. The van der Waals surface area contributed by atoms with Gasteiger partial charge in [0.25, 0.3) is 0 Å². The van der Waals surface area contributed by atoms with Crippen molar-refractivity contribution in [2.45, 2.75) is 32.1 Å². The molecule has 4 nitrogen and oxygen atoms in total. The number of nitrogens with zero attached hydrogens (tertiary/aromatic N) is 2. The minimum absolute atomic E-state index is 0.274. The van der Waals surface area contributed by atoms with Gasteiger partial charge in [0.2, 0.25) is 5.91 Å². The van der Waals surface area contributed by atoms with Crippen molar-refractivity contribution >= 4 is 12.2 Å². The predicted octanol–water partition coefficient (Wildman–Crippen LogP) is 1.16. The minimum Gasteiger partial charge on any atom is -0.343 e. The molecule has 1 heterocycles. The van der Waals surface area contributed by atoms with Crippen molar-refractivity contribution in [3.8, 4) is 0 Å². The van der Waals surface area contributed by atoms with E-state index in [0.29, 0.717) is 18.8 Å². The average molecular weight is 240 g/mol. The van der Waals surface area contributed by atoms with E-state index in [4.69, 9.17) is 0 Å². The molecule has 0 spiro atoms. The van der Waals surface area contributed by atoms with Gasteiger partial charge in [-0.2, -0.15) is 0 Å². The van der Waals surface area contributed by atoms with Crippen LogP contribution in [0.1, 0.15) is 32.1 Å². The number of piperidine rings is 1. The van der Waals surface area contributed by atoms with Gasteiger partial charge >= 0.3 is 0 Å². The highest BCUT2D eigenvalue weighted by Gasteiger charge is 2.21. The number of rotatable bonds is 6. The van der Waals surface area contributed by atoms with Crippen molar-refractivity contribution in [2.75, 3.05) is 33.7 Å². The van der Waals surface area contributed by atoms with Crippen LogP contribution in [0, 0.1) is 5.92 Å². The van der Waals surface area contributed by atoms with E-state index in [1.165, 1.54) is 0 Å². The Morgan fingerprint density at radius 2 is 2.00 bits per heavy atom. The van der Waals surface area contributed by atoms with Gasteiger partial charge in [-0.25, -0.2) is 0 Å². The first-order valence-electron chi connectivity index (χ1n) is 6.49. The van der Waals surface area contributed by atoms with E-state index in [2.05, 4.69) is 4.90 Å². The molecule has 17 heavy (non-hydrogen) atoms. The molecule has 0 aromatic rings. The predicted molar refractivity (Wildman–Crippen MR) is 67.8 cm³/mol. The topological polar surface area (TPSA) is 40.6 Å². The number of amides is 1. The van der Waals surface area contributed by atoms with Crippen LogP contribution in [0.3, 0.4) is 0 Å². The minimum atomic E-state index is 0.274. The smallest absolute Gasteiger partial charge is 0.222 e. The Morgan fingerprint density at radius 3 is 2.53 bits per heavy atom. The molecule has 0 saturated carbocycles. The number of hydrogen-bond acceptors (Lipinski definition) is 3. The lowest BCUT2D eigenvalue weighted by molar-refractivity contribution is -0.132. The molecule has 1 amide bonds. The first-order valence-corrected chi connectivity index (χ1v) is 6.49. The molecule has 0 aromatic carbocycles. The van der Waals surface area contributed by atoms with Gasteiger partial charge in [-0.05, 0) is 45.8 Å². The Bertz CT molecular complexity index is 246. The second-order valence-electron chi connectivity index (χ2n) is 5.13. The van der Waals surface area contributed by atoms with Crippen LogP contribution in [0.4, 0.5) is 0 Å². The van der Waals surface area contributed by atoms with E-state index in [0.717, 1.165) is 45.2 Å². The first kappa shape index (κ1) is 14.2. The Morgan fingerprint density at radius 1 is 1.35 bits per heavy atom. The van der Waals surface area contributed by atoms with Gasteiger partial charge in [0.15, 0.2) is 0 Å². The third kappa shape index (κ3) is 5.31. The molecule has 0 bridgehead atoms. The van der Waals surface area contributed by atoms with Crippen molar-refractivity contribution in [1.82, 2.24) is 9.80 Å². The molecule has 0 aromatic heterocycles. The third-order valence-electron chi connectivity index (χ3n) is 3.39. The SMILES string of the molecule is CN(C)CCCC(=O)N1CCC(CC=O)CC1. The second kappa shape index (κ2) is 7.43. The summed E-state index contributed by atoms with van der Waals surface area (Å²) in [7, 11) is 4.05. The van der Waals surface area contributed by atoms with E-state index in [1.54, 1.807) is 0 Å². The maximum atomic E-state index is 11.9. The largest absolute Gasteiger partial charge is 0.343 e. The van der Waals surface area contributed by atoms with Gasteiger partial charge in [0, 0.05) is 25.9 Å². The average Bonchev–Trinajstić information content (AvgIpc) is 2.30. The number of carbonyl (C=O) groups excluding carboxylic acids is 2. The summed E-state index contributed by atoms with van der Waals surface area (Å²) in [5, 5.41) is 0. The molecule has 1 saturated heterocycles. The zero-order chi connectivity index (χ0) is 12.7. The van der Waals surface area contributed by atoms with Gasteiger partial charge in [0.05, 0.1) is 0 Å². The summed E-state index contributed by atoms with van der Waals surface area (Å²) in [6, 6.07) is 0. The van der Waals surface area contributed by atoms with E-state index in [9.17, 15) is 9.59 Å². The third-order valence-corrected chi connectivity index (χ3v) is 3.39. The second-order valence-corrected chi connectivity index (χ2v) is 5.13. The fraction of sp³-hybridized carbons (Fsp3) is 0.846. The molecule has 0 N–H and O–H groups in total. The van der Waals surface area contributed by atoms with Crippen LogP contribution in [-0.2, 0) is 9.59 Å². The van der Waals surface area contributed by atoms with Gasteiger partial charge in [-0.1, -0.05) is 0 Å². The summed E-state index contributed by atoms with van der Waals surface area (Å²) in [4.78, 5) is 26.3. The van der Waals surface area contributed by atoms with Crippen LogP contribution in [0.5, 0.6) is 0 Å². The van der Waals surface area contributed by atoms with Gasteiger partial charge in [-0.15, -0.1) is 0 Å². The van der Waals surface area contributed by atoms with Crippen LogP contribution in [-0.4, -0.2) is 55.7 Å². The molecular formula is C13H24N2O2. The molecule has 1 aliphatic rings. The molecule has 0 aliphatic carbocycles. The summed E-state index contributed by atoms with van der Waals surface area (Å²) < 4.78 is 0. The van der Waals surface area contributed by atoms with E-state index < -0.39 is 0 Å². The monoisotopic (exact) mass is 240 g/mol. The Kier molecular flexibility index (Phi) is 6.19. The maximum absolute atomic E-state index is 11.9. The number of likely N-dealkylation sites (tertiary alicyclic amines) is 1. The zero-order valence-corrected chi connectivity index (χ0v) is 11.0. The first-order chi connectivity index (χ1) is 8.13.